The van der Waals surface area contributed by atoms with Crippen molar-refractivity contribution in [2.75, 3.05) is 0 Å². The van der Waals surface area contributed by atoms with Gasteiger partial charge < -0.3 is 5.73 Å². The summed E-state index contributed by atoms with van der Waals surface area (Å²) in [6.45, 7) is 3.09. The fourth-order valence-electron chi connectivity index (χ4n) is 0. The zero-order valence-electron chi connectivity index (χ0n) is 4.09. The van der Waals surface area contributed by atoms with Gasteiger partial charge >= 0.3 is 25.7 Å². The molecule has 44 valence electrons. The van der Waals surface area contributed by atoms with Crippen molar-refractivity contribution in [3.8, 4) is 0 Å². The Labute approximate surface area is 55.3 Å². The number of carbonyl (C=O) groups is 1. The first-order valence-corrected chi connectivity index (χ1v) is 2.87. The second-order valence-electron chi connectivity index (χ2n) is 0.690. The molecule has 0 unspecified atom stereocenters. The minimum atomic E-state index is -2.00. The molecule has 0 aromatic carbocycles. The molecule has 0 heterocycles. The Morgan fingerprint density at radius 2 is 1.75 bits per heavy atom. The van der Waals surface area contributed by atoms with Crippen LogP contribution in [0.5, 0.6) is 0 Å². The number of primary amides is 1. The molecule has 0 atom stereocenters. The van der Waals surface area contributed by atoms with Crippen LogP contribution >= 0.6 is 0 Å². The third-order valence-corrected chi connectivity index (χ3v) is 0.201. The molecule has 4 nitrogen and oxygen atoms in total. The molecule has 0 radical (unpaired) electrons. The van der Waals surface area contributed by atoms with E-state index in [1.807, 2.05) is 0 Å². The first kappa shape index (κ1) is 10.5. The molecular weight excluding hydrogens is 146 g/mol. The number of nitrogens with two attached hydrogens (primary N) is 1. The van der Waals surface area contributed by atoms with E-state index >= 15 is 0 Å². The van der Waals surface area contributed by atoms with Gasteiger partial charge in [0.15, 0.2) is 0 Å². The zero-order chi connectivity index (χ0) is 6.99. The standard InChI is InChI=1S/C3H5NO.2O.Ti/c1-2-3(4)5;;;/h2H,1H2,(H2,4,5);;;. The third-order valence-electron chi connectivity index (χ3n) is 0.201. The molecule has 0 saturated carbocycles. The molecule has 0 aliphatic carbocycles. The monoisotopic (exact) mass is 151 g/mol. The van der Waals surface area contributed by atoms with Gasteiger partial charge in [0.2, 0.25) is 5.91 Å². The molecule has 0 saturated heterocycles. The van der Waals surface area contributed by atoms with E-state index < -0.39 is 25.0 Å². The first-order chi connectivity index (χ1) is 3.68. The van der Waals surface area contributed by atoms with Crippen molar-refractivity contribution in [1.29, 1.82) is 0 Å². The predicted molar refractivity (Wildman–Crippen MR) is 20.8 cm³/mol. The summed E-state index contributed by atoms with van der Waals surface area (Å²) in [5.74, 6) is -0.481. The fourth-order valence-corrected chi connectivity index (χ4v) is 0. The van der Waals surface area contributed by atoms with E-state index in [2.05, 4.69) is 12.3 Å². The van der Waals surface area contributed by atoms with Crippen molar-refractivity contribution in [1.82, 2.24) is 0 Å². The van der Waals surface area contributed by atoms with Gasteiger partial charge in [-0.25, -0.2) is 0 Å². The summed E-state index contributed by atoms with van der Waals surface area (Å²) in [6, 6.07) is 0. The van der Waals surface area contributed by atoms with E-state index in [1.165, 1.54) is 0 Å². The molecule has 0 fully saturated rings. The summed E-state index contributed by atoms with van der Waals surface area (Å²) in [5, 5.41) is 0. The van der Waals surface area contributed by atoms with Crippen LogP contribution in [-0.2, 0) is 30.5 Å². The van der Waals surface area contributed by atoms with Crippen LogP contribution in [-0.4, -0.2) is 5.91 Å². The van der Waals surface area contributed by atoms with E-state index in [-0.39, 0.29) is 0 Å². The number of hydrogen-bond acceptors (Lipinski definition) is 3. The molecule has 0 spiro atoms. The average Bonchev–Trinajstić information content (AvgIpc) is 1.69. The molecule has 5 heteroatoms. The quantitative estimate of drug-likeness (QED) is 0.402. The van der Waals surface area contributed by atoms with Crippen molar-refractivity contribution < 1.29 is 30.5 Å². The Morgan fingerprint density at radius 1 is 1.62 bits per heavy atom. The maximum atomic E-state index is 9.47. The summed E-state index contributed by atoms with van der Waals surface area (Å²) >= 11 is -2.00. The van der Waals surface area contributed by atoms with Crippen molar-refractivity contribution in [3.63, 3.8) is 0 Å². The van der Waals surface area contributed by atoms with Crippen LogP contribution < -0.4 is 5.73 Å². The second kappa shape index (κ2) is 9.73. The van der Waals surface area contributed by atoms with Crippen molar-refractivity contribution in [3.05, 3.63) is 12.7 Å². The van der Waals surface area contributed by atoms with Gasteiger partial charge in [-0.2, -0.15) is 0 Å². The van der Waals surface area contributed by atoms with E-state index in [9.17, 15) is 4.79 Å². The van der Waals surface area contributed by atoms with Crippen molar-refractivity contribution in [2.45, 2.75) is 0 Å². The van der Waals surface area contributed by atoms with Crippen molar-refractivity contribution >= 4 is 5.91 Å². The molecule has 2 N–H and O–H groups in total. The number of carbonyl (C=O) groups excluding carboxylic acids is 1. The van der Waals surface area contributed by atoms with E-state index in [4.69, 9.17) is 6.65 Å². The number of amides is 1. The Kier molecular flexibility index (Phi) is 12.8. The first-order valence-electron chi connectivity index (χ1n) is 1.60. The fraction of sp³-hybridized carbons (Fsp3) is 0. The SMILES string of the molecule is C=CC(N)=O.[O]=[Ti]=[O]. The molecule has 0 bridgehead atoms. The minimum absolute atomic E-state index is 0.481. The van der Waals surface area contributed by atoms with Gasteiger partial charge in [-0.15, -0.1) is 0 Å². The van der Waals surface area contributed by atoms with Crippen LogP contribution in [0.15, 0.2) is 12.7 Å². The number of hydrogen-bond donors (Lipinski definition) is 1. The zero-order valence-corrected chi connectivity index (χ0v) is 5.65. The van der Waals surface area contributed by atoms with Gasteiger partial charge in [-0.3, -0.25) is 4.79 Å². The van der Waals surface area contributed by atoms with Gasteiger partial charge in [0, 0.05) is 0 Å². The van der Waals surface area contributed by atoms with E-state index in [0.29, 0.717) is 0 Å². The molecule has 8 heavy (non-hydrogen) atoms. The van der Waals surface area contributed by atoms with Crippen molar-refractivity contribution in [2.24, 2.45) is 5.73 Å². The molecular formula is C3H5NO3Ti. The molecule has 0 aliphatic heterocycles. The van der Waals surface area contributed by atoms with E-state index in [1.54, 1.807) is 0 Å². The van der Waals surface area contributed by atoms with Gasteiger partial charge in [-0.05, 0) is 6.08 Å². The molecule has 0 rings (SSSR count). The van der Waals surface area contributed by atoms with Crippen LogP contribution in [0.2, 0.25) is 0 Å². The van der Waals surface area contributed by atoms with Crippen LogP contribution in [0.4, 0.5) is 0 Å². The second-order valence-corrected chi connectivity index (χ2v) is 0.950. The Hall–Kier alpha value is -0.476. The Bertz CT molecular complexity index is 116. The van der Waals surface area contributed by atoms with Gasteiger partial charge in [0.1, 0.15) is 0 Å². The maximum absolute atomic E-state index is 9.47. The Balaban J connectivity index is 0. The van der Waals surface area contributed by atoms with Crippen LogP contribution in [0.1, 0.15) is 0 Å². The molecule has 0 aromatic heterocycles. The molecule has 0 aromatic rings. The number of rotatable bonds is 1. The van der Waals surface area contributed by atoms with Crippen LogP contribution in [0.25, 0.3) is 0 Å². The topological polar surface area (TPSA) is 77.2 Å². The van der Waals surface area contributed by atoms with E-state index in [0.717, 1.165) is 6.08 Å². The third kappa shape index (κ3) is 48.7. The van der Waals surface area contributed by atoms with Gasteiger partial charge in [0.25, 0.3) is 0 Å². The summed E-state index contributed by atoms with van der Waals surface area (Å²) in [4.78, 5) is 9.47. The average molecular weight is 151 g/mol. The summed E-state index contributed by atoms with van der Waals surface area (Å²) in [5.41, 5.74) is 4.53. The summed E-state index contributed by atoms with van der Waals surface area (Å²) in [7, 11) is 0. The normalized spacial score (nSPS) is 5.00. The van der Waals surface area contributed by atoms with Gasteiger partial charge in [-0.1, -0.05) is 6.58 Å². The summed E-state index contributed by atoms with van der Waals surface area (Å²) < 4.78 is 17.0. The molecule has 0 aliphatic rings. The van der Waals surface area contributed by atoms with Gasteiger partial charge in [0.05, 0.1) is 0 Å². The predicted octanol–water partition coefficient (Wildman–Crippen LogP) is -0.582. The molecule has 1 amide bonds. The summed E-state index contributed by atoms with van der Waals surface area (Å²) in [6.07, 6.45) is 1.06. The van der Waals surface area contributed by atoms with Crippen LogP contribution in [0.3, 0.4) is 0 Å². The Morgan fingerprint density at radius 3 is 1.75 bits per heavy atom. The van der Waals surface area contributed by atoms with Crippen LogP contribution in [0, 0.1) is 0 Å².